The van der Waals surface area contributed by atoms with Gasteiger partial charge in [-0.1, -0.05) is 59.3 Å². The summed E-state index contributed by atoms with van der Waals surface area (Å²) in [6, 6.07) is 0.705. The van der Waals surface area contributed by atoms with Crippen molar-refractivity contribution in [3.05, 3.63) is 22.7 Å². The van der Waals surface area contributed by atoms with E-state index in [1.54, 1.807) is 13.0 Å². The zero-order chi connectivity index (χ0) is 30.9. The molecule has 3 N–H and O–H groups in total. The third-order valence-electron chi connectivity index (χ3n) is 7.81. The van der Waals surface area contributed by atoms with E-state index in [0.29, 0.717) is 18.3 Å². The van der Waals surface area contributed by atoms with E-state index in [9.17, 15) is 19.6 Å². The van der Waals surface area contributed by atoms with Gasteiger partial charge in [-0.15, -0.1) is 5.09 Å². The number of nitrogens with one attached hydrogen (secondary N) is 1. The molecule has 2 fully saturated rings. The second kappa shape index (κ2) is 15.8. The molecule has 0 bridgehead atoms. The lowest BCUT2D eigenvalue weighted by molar-refractivity contribution is -0.145. The van der Waals surface area contributed by atoms with Gasteiger partial charge in [-0.05, 0) is 52.0 Å². The first-order valence-corrected chi connectivity index (χ1v) is 16.9. The van der Waals surface area contributed by atoms with Gasteiger partial charge in [0, 0.05) is 11.9 Å². The molecule has 2 aliphatic heterocycles. The van der Waals surface area contributed by atoms with Gasteiger partial charge in [0.1, 0.15) is 24.4 Å². The van der Waals surface area contributed by atoms with Crippen LogP contribution in [0.15, 0.2) is 22.1 Å². The van der Waals surface area contributed by atoms with Gasteiger partial charge in [0.15, 0.2) is 18.1 Å². The van der Waals surface area contributed by atoms with Crippen LogP contribution in [0.1, 0.15) is 106 Å². The van der Waals surface area contributed by atoms with Gasteiger partial charge in [-0.2, -0.15) is 18.9 Å². The Morgan fingerprint density at radius 3 is 2.57 bits per heavy atom. The summed E-state index contributed by atoms with van der Waals surface area (Å²) in [4.78, 5) is 45.3. The Labute approximate surface area is 249 Å². The fourth-order valence-corrected chi connectivity index (χ4v) is 7.24. The van der Waals surface area contributed by atoms with Crippen molar-refractivity contribution in [1.29, 1.82) is 0 Å². The number of carbonyl (C=O) groups is 1. The van der Waals surface area contributed by atoms with E-state index in [2.05, 4.69) is 35.8 Å². The van der Waals surface area contributed by atoms with E-state index < -0.39 is 49.8 Å². The molecule has 0 saturated carbocycles. The number of rotatable bonds is 16. The molecule has 1 aromatic rings. The molecule has 13 heteroatoms. The molecule has 0 amide bonds. The van der Waals surface area contributed by atoms with Gasteiger partial charge in [-0.3, -0.25) is 9.36 Å². The molecule has 12 nitrogen and oxygen atoms in total. The molecule has 6 atom stereocenters. The Morgan fingerprint density at radius 2 is 1.93 bits per heavy atom. The molecule has 2 aliphatic rings. The summed E-state index contributed by atoms with van der Waals surface area (Å²) >= 11 is 0. The summed E-state index contributed by atoms with van der Waals surface area (Å²) in [6.07, 6.45) is 7.81. The number of hydrogen-bond acceptors (Lipinski definition) is 11. The maximum absolute atomic E-state index is 13.0. The number of carbonyl (C=O) groups excluding carboxylic acids is 1. The summed E-state index contributed by atoms with van der Waals surface area (Å²) in [5, 5.41) is 14.2. The third-order valence-corrected chi connectivity index (χ3v) is 9.54. The summed E-state index contributed by atoms with van der Waals surface area (Å²) in [5.74, 6) is 0.0954. The smallest absolute Gasteiger partial charge is 0.464 e. The minimum absolute atomic E-state index is 0.117. The number of aliphatic imine (C=N–C) groups is 1. The number of hydrogen-bond donors (Lipinski definition) is 3. The van der Waals surface area contributed by atoms with Gasteiger partial charge >= 0.3 is 19.8 Å². The summed E-state index contributed by atoms with van der Waals surface area (Å²) in [7, 11) is -3.76. The number of nitrogens with zero attached hydrogens (tertiary/aromatic N) is 3. The van der Waals surface area contributed by atoms with Crippen molar-refractivity contribution >= 4 is 25.6 Å². The first kappa shape index (κ1) is 34.7. The number of aliphatic hydroxyl groups is 1. The summed E-state index contributed by atoms with van der Waals surface area (Å²) < 4.78 is 23.9. The monoisotopic (exact) mass is 613 g/mol. The molecule has 2 saturated heterocycles. The van der Waals surface area contributed by atoms with Crippen molar-refractivity contribution in [1.82, 2.24) is 14.6 Å². The minimum atomic E-state index is -3.76. The molecular formula is C29H50N4O8P+. The number of aromatic nitrogens is 2. The van der Waals surface area contributed by atoms with Crippen molar-refractivity contribution < 1.29 is 33.3 Å². The van der Waals surface area contributed by atoms with E-state index in [4.69, 9.17) is 18.5 Å². The first-order chi connectivity index (χ1) is 20.0. The Balaban J connectivity index is 1.65. The van der Waals surface area contributed by atoms with Crippen LogP contribution in [0.5, 0.6) is 0 Å². The molecule has 0 radical (unpaired) electrons. The van der Waals surface area contributed by atoms with Crippen LogP contribution in [0.4, 0.5) is 5.82 Å². The highest BCUT2D eigenvalue weighted by Crippen LogP contribution is 2.61. The quantitative estimate of drug-likeness (QED) is 0.103. The maximum Gasteiger partial charge on any atom is 0.500 e. The molecule has 1 unspecified atom stereocenters. The predicted molar refractivity (Wildman–Crippen MR) is 161 cm³/mol. The summed E-state index contributed by atoms with van der Waals surface area (Å²) in [6.45, 7) is 11.6. The van der Waals surface area contributed by atoms with Crippen LogP contribution in [-0.4, -0.2) is 68.3 Å². The van der Waals surface area contributed by atoms with Crippen molar-refractivity contribution in [2.45, 2.75) is 129 Å². The van der Waals surface area contributed by atoms with E-state index >= 15 is 0 Å². The van der Waals surface area contributed by atoms with Crippen LogP contribution in [0.2, 0.25) is 0 Å². The second-order valence-corrected chi connectivity index (χ2v) is 13.3. The maximum atomic E-state index is 13.0. The second-order valence-electron chi connectivity index (χ2n) is 11.5. The lowest BCUT2D eigenvalue weighted by Gasteiger charge is -2.33. The molecule has 0 spiro atoms. The van der Waals surface area contributed by atoms with Crippen LogP contribution >= 0.6 is 8.09 Å². The molecule has 3 heterocycles. The predicted octanol–water partition coefficient (Wildman–Crippen LogP) is 4.78. The van der Waals surface area contributed by atoms with Crippen molar-refractivity contribution in [2.75, 3.05) is 13.2 Å². The highest BCUT2D eigenvalue weighted by Gasteiger charge is 2.65. The average Bonchev–Trinajstić information content (AvgIpc) is 3.19. The third kappa shape index (κ3) is 8.87. The normalized spacial score (nSPS) is 28.6. The first-order valence-electron chi connectivity index (χ1n) is 15.4. The Kier molecular flexibility index (Phi) is 13.0. The van der Waals surface area contributed by atoms with Gasteiger partial charge < -0.3 is 14.6 Å². The standard InChI is InChI=1S/C29H50N4O8P/c1-7-10-11-12-13-18-38-26(34)21(5)32-42(37)39-19-23-25(41-42)29(6,36)27(40-23)33-17-16-24(31-28(33)35)30-20(4)22(14-8-2)15-9-3/h16-17,21-23,25,27,32,36-37H,7-15,18-19H2,1-6H3/q+1/t21-,23+,25+,27+,29+,42?/m0/s1. The summed E-state index contributed by atoms with van der Waals surface area (Å²) in [5.41, 5.74) is -1.43. The molecule has 238 valence electrons. The fraction of sp³-hybridized carbons (Fsp3) is 0.793. The topological polar surface area (TPSA) is 154 Å². The largest absolute Gasteiger partial charge is 0.500 e. The highest BCUT2D eigenvalue weighted by molar-refractivity contribution is 7.58. The molecule has 3 rings (SSSR count). The average molecular weight is 614 g/mol. The molecular weight excluding hydrogens is 563 g/mol. The van der Waals surface area contributed by atoms with E-state index in [0.717, 1.165) is 63.5 Å². The van der Waals surface area contributed by atoms with Gasteiger partial charge in [0.2, 0.25) is 0 Å². The van der Waals surface area contributed by atoms with Crippen LogP contribution in [-0.2, 0) is 23.3 Å². The van der Waals surface area contributed by atoms with Crippen LogP contribution in [0, 0.1) is 5.92 Å². The van der Waals surface area contributed by atoms with Crippen LogP contribution in [0.25, 0.3) is 0 Å². The minimum Gasteiger partial charge on any atom is -0.464 e. The molecule has 42 heavy (non-hydrogen) atoms. The lowest BCUT2D eigenvalue weighted by Crippen LogP contribution is -2.51. The van der Waals surface area contributed by atoms with E-state index in [1.807, 2.05) is 6.92 Å². The number of unbranched alkanes of at least 4 members (excludes halogenated alkanes) is 4. The Morgan fingerprint density at radius 1 is 1.24 bits per heavy atom. The van der Waals surface area contributed by atoms with Crippen molar-refractivity contribution in [3.63, 3.8) is 0 Å². The highest BCUT2D eigenvalue weighted by atomic mass is 31.2. The zero-order valence-corrected chi connectivity index (χ0v) is 26.8. The number of esters is 1. The van der Waals surface area contributed by atoms with Crippen molar-refractivity contribution in [2.24, 2.45) is 10.9 Å². The van der Waals surface area contributed by atoms with Gasteiger partial charge in [-0.25, -0.2) is 9.79 Å². The number of ether oxygens (including phenoxy) is 2. The molecule has 0 aromatic carbocycles. The van der Waals surface area contributed by atoms with Gasteiger partial charge in [0.05, 0.1) is 6.61 Å². The Hall–Kier alpha value is -1.79. The zero-order valence-electron chi connectivity index (χ0n) is 26.0. The van der Waals surface area contributed by atoms with Crippen LogP contribution in [0.3, 0.4) is 0 Å². The van der Waals surface area contributed by atoms with Gasteiger partial charge in [0.25, 0.3) is 0 Å². The molecule has 0 aliphatic carbocycles. The number of fused-ring (bicyclic) bond motifs is 1. The van der Waals surface area contributed by atoms with E-state index in [-0.39, 0.29) is 6.61 Å². The SMILES string of the molecule is CCCCCCCOC(=O)[C@H](C)N[P+]1(O)OC[C@H]2O[C@@H](n3ccc(N=C(C)C(CCC)CCC)nc3=O)[C@](C)(O)[C@@H]2O1. The molecule has 1 aromatic heterocycles. The van der Waals surface area contributed by atoms with E-state index in [1.165, 1.54) is 17.7 Å². The fourth-order valence-electron chi connectivity index (χ4n) is 5.44. The van der Waals surface area contributed by atoms with Crippen molar-refractivity contribution in [3.8, 4) is 0 Å². The van der Waals surface area contributed by atoms with Crippen LogP contribution < -0.4 is 10.8 Å². The lowest BCUT2D eigenvalue weighted by atomic mass is 9.94. The Bertz CT molecular complexity index is 1110.